The highest BCUT2D eigenvalue weighted by atomic mass is 35.5. The summed E-state index contributed by atoms with van der Waals surface area (Å²) in [6, 6.07) is 7.86. The summed E-state index contributed by atoms with van der Waals surface area (Å²) in [7, 11) is 1.69. The van der Waals surface area contributed by atoms with E-state index in [1.807, 2.05) is 29.2 Å². The third kappa shape index (κ3) is 5.43. The molecule has 0 radical (unpaired) electrons. The van der Waals surface area contributed by atoms with Gasteiger partial charge in [0.05, 0.1) is 6.04 Å². The van der Waals surface area contributed by atoms with Crippen LogP contribution >= 0.6 is 24.0 Å². The molecular formula is C16H24Cl2N2O2. The summed E-state index contributed by atoms with van der Waals surface area (Å²) in [4.78, 5) is 14.4. The van der Waals surface area contributed by atoms with Crippen LogP contribution in [0.25, 0.3) is 0 Å². The van der Waals surface area contributed by atoms with E-state index in [4.69, 9.17) is 16.3 Å². The Bertz CT molecular complexity index is 471. The van der Waals surface area contributed by atoms with Gasteiger partial charge in [0.15, 0.2) is 0 Å². The first-order valence-electron chi connectivity index (χ1n) is 7.47. The van der Waals surface area contributed by atoms with Crippen molar-refractivity contribution in [1.82, 2.24) is 10.2 Å². The lowest BCUT2D eigenvalue weighted by molar-refractivity contribution is -0.134. The number of piperazine rings is 1. The highest BCUT2D eigenvalue weighted by molar-refractivity contribution is 6.30. The fourth-order valence-corrected chi connectivity index (χ4v) is 2.88. The number of ether oxygens (including phenoxy) is 1. The third-order valence-corrected chi connectivity index (χ3v) is 4.02. The number of carbonyl (C=O) groups is 1. The van der Waals surface area contributed by atoms with Crippen LogP contribution in [-0.4, -0.2) is 44.2 Å². The molecule has 1 unspecified atom stereocenters. The minimum atomic E-state index is 0. The van der Waals surface area contributed by atoms with Crippen LogP contribution in [0.5, 0.6) is 0 Å². The van der Waals surface area contributed by atoms with Crippen LogP contribution in [0.2, 0.25) is 5.02 Å². The van der Waals surface area contributed by atoms with Crippen LogP contribution in [0.3, 0.4) is 0 Å². The number of halogens is 2. The lowest BCUT2D eigenvalue weighted by Gasteiger charge is -2.36. The molecule has 1 aromatic rings. The van der Waals surface area contributed by atoms with Crippen LogP contribution in [0.1, 0.15) is 30.9 Å². The molecule has 2 rings (SSSR count). The van der Waals surface area contributed by atoms with Gasteiger partial charge in [0.2, 0.25) is 5.91 Å². The molecule has 0 spiro atoms. The van der Waals surface area contributed by atoms with E-state index < -0.39 is 0 Å². The van der Waals surface area contributed by atoms with Crippen molar-refractivity contribution in [1.29, 1.82) is 0 Å². The summed E-state index contributed by atoms with van der Waals surface area (Å²) in [6.45, 7) is 3.10. The average molecular weight is 347 g/mol. The van der Waals surface area contributed by atoms with Gasteiger partial charge in [-0.1, -0.05) is 23.7 Å². The van der Waals surface area contributed by atoms with Crippen molar-refractivity contribution in [3.05, 3.63) is 34.9 Å². The molecule has 22 heavy (non-hydrogen) atoms. The number of amides is 1. The molecule has 0 aliphatic carbocycles. The Kier molecular flexibility index (Phi) is 8.79. The number of unbranched alkanes of at least 4 members (excludes halogenated alkanes) is 1. The molecule has 1 amide bonds. The number of hydrogen-bond donors (Lipinski definition) is 1. The zero-order chi connectivity index (χ0) is 15.1. The van der Waals surface area contributed by atoms with Crippen LogP contribution in [0, 0.1) is 0 Å². The molecule has 1 atom stereocenters. The maximum absolute atomic E-state index is 12.5. The van der Waals surface area contributed by atoms with Crippen molar-refractivity contribution in [2.45, 2.75) is 25.3 Å². The summed E-state index contributed by atoms with van der Waals surface area (Å²) in [5, 5.41) is 4.07. The Morgan fingerprint density at radius 2 is 2.27 bits per heavy atom. The lowest BCUT2D eigenvalue weighted by atomic mass is 10.0. The highest BCUT2D eigenvalue weighted by Gasteiger charge is 2.27. The molecule has 1 fully saturated rings. The highest BCUT2D eigenvalue weighted by Crippen LogP contribution is 2.25. The van der Waals surface area contributed by atoms with Crippen LogP contribution in [0.15, 0.2) is 24.3 Å². The minimum Gasteiger partial charge on any atom is -0.385 e. The van der Waals surface area contributed by atoms with Crippen molar-refractivity contribution in [3.8, 4) is 0 Å². The predicted octanol–water partition coefficient (Wildman–Crippen LogP) is 3.05. The van der Waals surface area contributed by atoms with Gasteiger partial charge >= 0.3 is 0 Å². The second-order valence-electron chi connectivity index (χ2n) is 5.31. The zero-order valence-electron chi connectivity index (χ0n) is 12.9. The molecule has 0 saturated carbocycles. The SMILES string of the molecule is COCCCCC(=O)N1CCNCC1c1cccc(Cl)c1.Cl. The number of nitrogens with zero attached hydrogens (tertiary/aromatic N) is 1. The summed E-state index contributed by atoms with van der Waals surface area (Å²) < 4.78 is 5.02. The van der Waals surface area contributed by atoms with E-state index in [2.05, 4.69) is 5.32 Å². The molecule has 1 N–H and O–H groups in total. The van der Waals surface area contributed by atoms with Gasteiger partial charge in [0.1, 0.15) is 0 Å². The van der Waals surface area contributed by atoms with Gasteiger partial charge in [0, 0.05) is 44.8 Å². The van der Waals surface area contributed by atoms with Gasteiger partial charge in [-0.25, -0.2) is 0 Å². The fraction of sp³-hybridized carbons (Fsp3) is 0.562. The van der Waals surface area contributed by atoms with Gasteiger partial charge in [-0.2, -0.15) is 0 Å². The van der Waals surface area contributed by atoms with Crippen molar-refractivity contribution >= 4 is 29.9 Å². The fourth-order valence-electron chi connectivity index (χ4n) is 2.68. The average Bonchev–Trinajstić information content (AvgIpc) is 2.51. The monoisotopic (exact) mass is 346 g/mol. The second-order valence-corrected chi connectivity index (χ2v) is 5.75. The van der Waals surface area contributed by atoms with E-state index in [0.29, 0.717) is 18.1 Å². The number of benzene rings is 1. The molecular weight excluding hydrogens is 323 g/mol. The molecule has 1 saturated heterocycles. The Labute approximate surface area is 143 Å². The van der Waals surface area contributed by atoms with Crippen LogP contribution < -0.4 is 5.32 Å². The number of hydrogen-bond acceptors (Lipinski definition) is 3. The summed E-state index contributed by atoms with van der Waals surface area (Å²) in [5.41, 5.74) is 1.10. The van der Waals surface area contributed by atoms with Gasteiger partial charge in [-0.15, -0.1) is 12.4 Å². The summed E-state index contributed by atoms with van der Waals surface area (Å²) in [5.74, 6) is 0.220. The van der Waals surface area contributed by atoms with Crippen molar-refractivity contribution < 1.29 is 9.53 Å². The lowest BCUT2D eigenvalue weighted by Crippen LogP contribution is -2.48. The van der Waals surface area contributed by atoms with Crippen molar-refractivity contribution in [2.75, 3.05) is 33.4 Å². The number of methoxy groups -OCH3 is 1. The van der Waals surface area contributed by atoms with E-state index in [1.54, 1.807) is 7.11 Å². The van der Waals surface area contributed by atoms with Gasteiger partial charge in [0.25, 0.3) is 0 Å². The number of rotatable bonds is 6. The molecule has 1 heterocycles. The molecule has 1 aromatic carbocycles. The Balaban J connectivity index is 0.00000242. The predicted molar refractivity (Wildman–Crippen MR) is 91.8 cm³/mol. The maximum atomic E-state index is 12.5. The Morgan fingerprint density at radius 1 is 1.45 bits per heavy atom. The topological polar surface area (TPSA) is 41.6 Å². The Morgan fingerprint density at radius 3 is 3.00 bits per heavy atom. The minimum absolute atomic E-state index is 0. The van der Waals surface area contributed by atoms with E-state index in [9.17, 15) is 4.79 Å². The van der Waals surface area contributed by atoms with E-state index in [1.165, 1.54) is 0 Å². The van der Waals surface area contributed by atoms with Gasteiger partial charge in [-0.3, -0.25) is 4.79 Å². The zero-order valence-corrected chi connectivity index (χ0v) is 14.5. The Hall–Kier alpha value is -0.810. The first kappa shape index (κ1) is 19.2. The van der Waals surface area contributed by atoms with Gasteiger partial charge < -0.3 is 15.0 Å². The van der Waals surface area contributed by atoms with Crippen LogP contribution in [0.4, 0.5) is 0 Å². The maximum Gasteiger partial charge on any atom is 0.223 e. The molecule has 124 valence electrons. The molecule has 0 aromatic heterocycles. The van der Waals surface area contributed by atoms with Crippen molar-refractivity contribution in [2.24, 2.45) is 0 Å². The number of nitrogens with one attached hydrogen (secondary N) is 1. The number of carbonyl (C=O) groups excluding carboxylic acids is 1. The largest absolute Gasteiger partial charge is 0.385 e. The molecule has 0 bridgehead atoms. The van der Waals surface area contributed by atoms with E-state index in [-0.39, 0.29) is 24.4 Å². The first-order valence-corrected chi connectivity index (χ1v) is 7.84. The first-order chi connectivity index (χ1) is 10.2. The molecule has 1 aliphatic rings. The van der Waals surface area contributed by atoms with E-state index in [0.717, 1.165) is 38.0 Å². The quantitative estimate of drug-likeness (QED) is 0.805. The molecule has 1 aliphatic heterocycles. The normalized spacial score (nSPS) is 17.9. The van der Waals surface area contributed by atoms with Crippen LogP contribution in [-0.2, 0) is 9.53 Å². The van der Waals surface area contributed by atoms with Crippen molar-refractivity contribution in [3.63, 3.8) is 0 Å². The molecule has 6 heteroatoms. The third-order valence-electron chi connectivity index (χ3n) is 3.79. The van der Waals surface area contributed by atoms with Gasteiger partial charge in [-0.05, 0) is 30.5 Å². The summed E-state index contributed by atoms with van der Waals surface area (Å²) >= 11 is 6.07. The summed E-state index contributed by atoms with van der Waals surface area (Å²) in [6.07, 6.45) is 2.38. The second kappa shape index (κ2) is 10.1. The van der Waals surface area contributed by atoms with E-state index >= 15 is 0 Å². The standard InChI is InChI=1S/C16H23ClN2O2.ClH/c1-21-10-3-2-7-16(20)19-9-8-18-12-15(19)13-5-4-6-14(17)11-13;/h4-6,11,15,18H,2-3,7-10,12H2,1H3;1H. The smallest absolute Gasteiger partial charge is 0.223 e. The molecule has 4 nitrogen and oxygen atoms in total.